The summed E-state index contributed by atoms with van der Waals surface area (Å²) in [5.41, 5.74) is 2.01. The van der Waals surface area contributed by atoms with Crippen LogP contribution in [0.4, 0.5) is 0 Å². The minimum Gasteiger partial charge on any atom is -0.362 e. The highest BCUT2D eigenvalue weighted by Gasteiger charge is 1.92. The van der Waals surface area contributed by atoms with Gasteiger partial charge in [-0.15, -0.1) is 0 Å². The first-order chi connectivity index (χ1) is 4.33. The second-order valence-corrected chi connectivity index (χ2v) is 1.85. The molecule has 0 radical (unpaired) electrons. The Labute approximate surface area is 55.1 Å². The molecular weight excluding hydrogens is 110 g/mol. The molecule has 0 unspecified atom stereocenters. The minimum absolute atomic E-state index is 0.910. The van der Waals surface area contributed by atoms with Gasteiger partial charge >= 0.3 is 0 Å². The first-order valence-corrected chi connectivity index (χ1v) is 2.79. The van der Waals surface area contributed by atoms with Crippen LogP contribution in [0.15, 0.2) is 48.9 Å². The molecule has 9 heavy (non-hydrogen) atoms. The van der Waals surface area contributed by atoms with Gasteiger partial charge in [0.1, 0.15) is 0 Å². The first-order valence-electron chi connectivity index (χ1n) is 2.79. The van der Waals surface area contributed by atoms with Gasteiger partial charge in [0.05, 0.1) is 0 Å². The first kappa shape index (κ1) is 5.89. The molecule has 0 amide bonds. The molecule has 1 nitrogen and oxygen atoms in total. The van der Waals surface area contributed by atoms with Crippen molar-refractivity contribution in [3.05, 3.63) is 48.9 Å². The fourth-order valence-corrected chi connectivity index (χ4v) is 0.663. The summed E-state index contributed by atoms with van der Waals surface area (Å²) in [5.74, 6) is 0. The quantitative estimate of drug-likeness (QED) is 0.554. The lowest BCUT2D eigenvalue weighted by atomic mass is 10.2. The molecular formula is C8H9N. The molecule has 1 aliphatic heterocycles. The molecule has 1 rings (SSSR count). The van der Waals surface area contributed by atoms with Gasteiger partial charge in [-0.25, -0.2) is 0 Å². The third-order valence-electron chi connectivity index (χ3n) is 1.12. The predicted octanol–water partition coefficient (Wildman–Crippen LogP) is 1.73. The van der Waals surface area contributed by atoms with Crippen molar-refractivity contribution in [2.24, 2.45) is 0 Å². The molecule has 1 heteroatoms. The molecule has 1 aliphatic rings. The zero-order chi connectivity index (χ0) is 6.69. The Morgan fingerprint density at radius 3 is 2.78 bits per heavy atom. The Kier molecular flexibility index (Phi) is 1.54. The molecule has 46 valence electrons. The van der Waals surface area contributed by atoms with E-state index < -0.39 is 0 Å². The van der Waals surface area contributed by atoms with Gasteiger partial charge in [0, 0.05) is 11.9 Å². The van der Waals surface area contributed by atoms with Gasteiger partial charge in [-0.3, -0.25) is 0 Å². The van der Waals surface area contributed by atoms with Gasteiger partial charge < -0.3 is 5.32 Å². The summed E-state index contributed by atoms with van der Waals surface area (Å²) >= 11 is 0. The standard InChI is InChI=1S/C8H9N/c1-3-8-4-5-9-7(2)6-8/h3-6,9H,1-2H2. The topological polar surface area (TPSA) is 12.0 Å². The summed E-state index contributed by atoms with van der Waals surface area (Å²) < 4.78 is 0. The van der Waals surface area contributed by atoms with Crippen LogP contribution in [-0.2, 0) is 0 Å². The average Bonchev–Trinajstić information content (AvgIpc) is 1.88. The number of hydrogen-bond acceptors (Lipinski definition) is 1. The maximum absolute atomic E-state index is 3.73. The molecule has 0 aliphatic carbocycles. The fourth-order valence-electron chi connectivity index (χ4n) is 0.663. The van der Waals surface area contributed by atoms with Crippen molar-refractivity contribution < 1.29 is 0 Å². The van der Waals surface area contributed by atoms with Crippen LogP contribution in [-0.4, -0.2) is 0 Å². The van der Waals surface area contributed by atoms with Gasteiger partial charge in [-0.1, -0.05) is 19.2 Å². The van der Waals surface area contributed by atoms with E-state index >= 15 is 0 Å². The maximum Gasteiger partial charge on any atom is 0.0312 e. The smallest absolute Gasteiger partial charge is 0.0312 e. The van der Waals surface area contributed by atoms with Gasteiger partial charge in [0.2, 0.25) is 0 Å². The average molecular weight is 119 g/mol. The lowest BCUT2D eigenvalue weighted by Gasteiger charge is -2.05. The second-order valence-electron chi connectivity index (χ2n) is 1.85. The van der Waals surface area contributed by atoms with E-state index in [1.165, 1.54) is 0 Å². The van der Waals surface area contributed by atoms with Crippen molar-refractivity contribution in [1.82, 2.24) is 5.32 Å². The summed E-state index contributed by atoms with van der Waals surface area (Å²) in [7, 11) is 0. The molecule has 1 N–H and O–H groups in total. The normalized spacial score (nSPS) is 16.4. The zero-order valence-electron chi connectivity index (χ0n) is 5.22. The summed E-state index contributed by atoms with van der Waals surface area (Å²) in [6, 6.07) is 0. The van der Waals surface area contributed by atoms with Crippen LogP contribution in [0.3, 0.4) is 0 Å². The number of nitrogens with one attached hydrogen (secondary N) is 1. The van der Waals surface area contributed by atoms with Crippen molar-refractivity contribution >= 4 is 0 Å². The van der Waals surface area contributed by atoms with Crippen LogP contribution < -0.4 is 5.32 Å². The van der Waals surface area contributed by atoms with Crippen LogP contribution in [0.25, 0.3) is 0 Å². The maximum atomic E-state index is 3.73. The Balaban J connectivity index is 2.82. The molecule has 0 aromatic heterocycles. The van der Waals surface area contributed by atoms with Crippen molar-refractivity contribution in [3.8, 4) is 0 Å². The molecule has 0 aromatic carbocycles. The van der Waals surface area contributed by atoms with Gasteiger partial charge in [0.15, 0.2) is 0 Å². The molecule has 0 saturated carbocycles. The van der Waals surface area contributed by atoms with E-state index in [2.05, 4.69) is 18.5 Å². The van der Waals surface area contributed by atoms with E-state index in [1.54, 1.807) is 6.08 Å². The molecule has 0 fully saturated rings. The van der Waals surface area contributed by atoms with Crippen LogP contribution in [0.2, 0.25) is 0 Å². The fraction of sp³-hybridized carbons (Fsp3) is 0. The monoisotopic (exact) mass is 119 g/mol. The van der Waals surface area contributed by atoms with Crippen molar-refractivity contribution in [2.45, 2.75) is 0 Å². The van der Waals surface area contributed by atoms with Crippen LogP contribution in [0.5, 0.6) is 0 Å². The molecule has 0 bridgehead atoms. The second kappa shape index (κ2) is 2.35. The lowest BCUT2D eigenvalue weighted by Crippen LogP contribution is -2.04. The highest BCUT2D eigenvalue weighted by atomic mass is 14.8. The van der Waals surface area contributed by atoms with E-state index in [1.807, 2.05) is 18.4 Å². The van der Waals surface area contributed by atoms with Crippen LogP contribution >= 0.6 is 0 Å². The summed E-state index contributed by atoms with van der Waals surface area (Å²) in [6.07, 6.45) is 7.52. The third kappa shape index (κ3) is 1.32. The summed E-state index contributed by atoms with van der Waals surface area (Å²) in [4.78, 5) is 0. The van der Waals surface area contributed by atoms with Crippen molar-refractivity contribution in [1.29, 1.82) is 0 Å². The van der Waals surface area contributed by atoms with Gasteiger partial charge in [0.25, 0.3) is 0 Å². The molecule has 0 aromatic rings. The van der Waals surface area contributed by atoms with E-state index in [0.717, 1.165) is 11.3 Å². The Morgan fingerprint density at radius 2 is 2.33 bits per heavy atom. The highest BCUT2D eigenvalue weighted by Crippen LogP contribution is 2.05. The summed E-state index contributed by atoms with van der Waals surface area (Å²) in [6.45, 7) is 7.36. The van der Waals surface area contributed by atoms with E-state index in [4.69, 9.17) is 0 Å². The van der Waals surface area contributed by atoms with Crippen LogP contribution in [0.1, 0.15) is 0 Å². The molecule has 0 spiro atoms. The largest absolute Gasteiger partial charge is 0.362 e. The molecule has 0 atom stereocenters. The highest BCUT2D eigenvalue weighted by molar-refractivity contribution is 5.38. The SMILES string of the molecule is C=CC1=CC(=C)NC=C1. The predicted molar refractivity (Wildman–Crippen MR) is 39.7 cm³/mol. The van der Waals surface area contributed by atoms with Crippen LogP contribution in [0, 0.1) is 0 Å². The Hall–Kier alpha value is -1.24. The van der Waals surface area contributed by atoms with E-state index in [-0.39, 0.29) is 0 Å². The summed E-state index contributed by atoms with van der Waals surface area (Å²) in [5, 5.41) is 2.95. The Morgan fingerprint density at radius 1 is 1.56 bits per heavy atom. The third-order valence-corrected chi connectivity index (χ3v) is 1.12. The Bertz CT molecular complexity index is 197. The lowest BCUT2D eigenvalue weighted by molar-refractivity contribution is 1.10. The number of rotatable bonds is 1. The molecule has 1 heterocycles. The minimum atomic E-state index is 0.910. The van der Waals surface area contributed by atoms with E-state index in [0.29, 0.717) is 0 Å². The van der Waals surface area contributed by atoms with Gasteiger partial charge in [-0.05, 0) is 17.7 Å². The zero-order valence-corrected chi connectivity index (χ0v) is 5.22. The van der Waals surface area contributed by atoms with Gasteiger partial charge in [-0.2, -0.15) is 0 Å². The number of dihydropyridines is 1. The number of hydrogen-bond donors (Lipinski definition) is 1. The van der Waals surface area contributed by atoms with Crippen molar-refractivity contribution in [3.63, 3.8) is 0 Å². The van der Waals surface area contributed by atoms with Crippen molar-refractivity contribution in [2.75, 3.05) is 0 Å². The molecule has 0 saturated heterocycles. The van der Waals surface area contributed by atoms with E-state index in [9.17, 15) is 0 Å². The number of allylic oxidation sites excluding steroid dienone is 4.